The van der Waals surface area contributed by atoms with Gasteiger partial charge in [-0.25, -0.2) is 0 Å². The predicted octanol–water partition coefficient (Wildman–Crippen LogP) is 5.09. The molecule has 1 aromatic rings. The van der Waals surface area contributed by atoms with Crippen LogP contribution in [0, 0.1) is 6.92 Å². The van der Waals surface area contributed by atoms with E-state index >= 15 is 0 Å². The summed E-state index contributed by atoms with van der Waals surface area (Å²) in [5.41, 5.74) is 2.28. The lowest BCUT2D eigenvalue weighted by atomic mass is 9.89. The molecular weight excluding hydrogens is 232 g/mol. The van der Waals surface area contributed by atoms with Gasteiger partial charge in [-0.15, -0.1) is 0 Å². The molecule has 0 amide bonds. The van der Waals surface area contributed by atoms with Crippen molar-refractivity contribution in [3.05, 3.63) is 28.3 Å². The third kappa shape index (κ3) is 2.77. The van der Waals surface area contributed by atoms with Crippen molar-refractivity contribution in [1.82, 2.24) is 0 Å². The first-order valence-corrected chi connectivity index (χ1v) is 6.76. The molecule has 1 aromatic carbocycles. The average Bonchev–Trinajstić information content (AvgIpc) is 2.20. The normalized spacial score (nSPS) is 23.2. The van der Waals surface area contributed by atoms with Gasteiger partial charge in [-0.05, 0) is 69.2 Å². The standard InChI is InChI=1S/C15H21ClO/c1-10-6-5-7-15(3,4)17-14-8-11(2)13(16)9-12(10)14/h8-10H,5-7H2,1-4H3/t10-/m0/s1. The lowest BCUT2D eigenvalue weighted by Crippen LogP contribution is -2.30. The molecule has 94 valence electrons. The molecule has 0 saturated carbocycles. The molecule has 1 aliphatic rings. The molecule has 2 heteroatoms. The van der Waals surface area contributed by atoms with E-state index in [1.165, 1.54) is 18.4 Å². The summed E-state index contributed by atoms with van der Waals surface area (Å²) in [5, 5.41) is 0.845. The van der Waals surface area contributed by atoms with E-state index in [2.05, 4.69) is 32.9 Å². The number of benzene rings is 1. The van der Waals surface area contributed by atoms with Gasteiger partial charge in [0, 0.05) is 5.02 Å². The predicted molar refractivity (Wildman–Crippen MR) is 73.2 cm³/mol. The van der Waals surface area contributed by atoms with Crippen LogP contribution in [0.2, 0.25) is 5.02 Å². The monoisotopic (exact) mass is 252 g/mol. The number of aryl methyl sites for hydroxylation is 1. The summed E-state index contributed by atoms with van der Waals surface area (Å²) in [6.07, 6.45) is 3.52. The molecule has 1 nitrogen and oxygen atoms in total. The summed E-state index contributed by atoms with van der Waals surface area (Å²) in [4.78, 5) is 0. The smallest absolute Gasteiger partial charge is 0.123 e. The van der Waals surface area contributed by atoms with Gasteiger partial charge < -0.3 is 4.74 Å². The van der Waals surface area contributed by atoms with Gasteiger partial charge in [0.15, 0.2) is 0 Å². The Hall–Kier alpha value is -0.690. The van der Waals surface area contributed by atoms with Gasteiger partial charge in [-0.2, -0.15) is 0 Å². The van der Waals surface area contributed by atoms with Crippen LogP contribution in [-0.2, 0) is 0 Å². The zero-order chi connectivity index (χ0) is 12.6. The van der Waals surface area contributed by atoms with E-state index in [0.717, 1.165) is 22.8 Å². The maximum atomic E-state index is 6.22. The maximum Gasteiger partial charge on any atom is 0.123 e. The summed E-state index contributed by atoms with van der Waals surface area (Å²) >= 11 is 6.22. The second-order valence-electron chi connectivity index (χ2n) is 5.79. The average molecular weight is 253 g/mol. The number of fused-ring (bicyclic) bond motifs is 1. The van der Waals surface area contributed by atoms with Crippen LogP contribution in [0.25, 0.3) is 0 Å². The first kappa shape index (κ1) is 12.8. The van der Waals surface area contributed by atoms with Crippen molar-refractivity contribution >= 4 is 11.6 Å². The number of ether oxygens (including phenoxy) is 1. The van der Waals surface area contributed by atoms with Crippen molar-refractivity contribution in [3.63, 3.8) is 0 Å². The number of hydrogen-bond donors (Lipinski definition) is 0. The molecule has 0 aliphatic carbocycles. The number of rotatable bonds is 0. The number of halogens is 1. The highest BCUT2D eigenvalue weighted by atomic mass is 35.5. The highest BCUT2D eigenvalue weighted by Gasteiger charge is 2.26. The van der Waals surface area contributed by atoms with Crippen LogP contribution in [0.3, 0.4) is 0 Å². The summed E-state index contributed by atoms with van der Waals surface area (Å²) in [6, 6.07) is 4.17. The van der Waals surface area contributed by atoms with E-state index in [0.29, 0.717) is 5.92 Å². The Morgan fingerprint density at radius 1 is 1.35 bits per heavy atom. The van der Waals surface area contributed by atoms with E-state index in [1.54, 1.807) is 0 Å². The first-order chi connectivity index (χ1) is 7.89. The summed E-state index contributed by atoms with van der Waals surface area (Å²) in [5.74, 6) is 1.54. The summed E-state index contributed by atoms with van der Waals surface area (Å²) in [6.45, 7) is 8.61. The minimum absolute atomic E-state index is 0.0742. The Kier molecular flexibility index (Phi) is 3.40. The molecule has 0 fully saturated rings. The molecule has 0 saturated heterocycles. The molecule has 1 heterocycles. The molecule has 0 N–H and O–H groups in total. The molecule has 17 heavy (non-hydrogen) atoms. The Morgan fingerprint density at radius 3 is 2.76 bits per heavy atom. The van der Waals surface area contributed by atoms with Gasteiger partial charge in [0.1, 0.15) is 11.4 Å². The Balaban J connectivity index is 2.48. The fourth-order valence-corrected chi connectivity index (χ4v) is 2.65. The zero-order valence-electron chi connectivity index (χ0n) is 11.1. The second kappa shape index (κ2) is 4.53. The van der Waals surface area contributed by atoms with E-state index < -0.39 is 0 Å². The zero-order valence-corrected chi connectivity index (χ0v) is 11.9. The van der Waals surface area contributed by atoms with Gasteiger partial charge in [-0.1, -0.05) is 18.5 Å². The molecule has 0 spiro atoms. The van der Waals surface area contributed by atoms with Gasteiger partial charge in [0.05, 0.1) is 0 Å². The topological polar surface area (TPSA) is 9.23 Å². The molecule has 0 radical (unpaired) electrons. The van der Waals surface area contributed by atoms with Gasteiger partial charge in [0.25, 0.3) is 0 Å². The van der Waals surface area contributed by atoms with Gasteiger partial charge >= 0.3 is 0 Å². The van der Waals surface area contributed by atoms with Crippen LogP contribution in [0.1, 0.15) is 57.1 Å². The molecule has 0 unspecified atom stereocenters. The molecule has 0 bridgehead atoms. The molecule has 1 atom stereocenters. The van der Waals surface area contributed by atoms with Crippen molar-refractivity contribution in [2.75, 3.05) is 0 Å². The van der Waals surface area contributed by atoms with Crippen LogP contribution >= 0.6 is 11.6 Å². The van der Waals surface area contributed by atoms with E-state index in [1.807, 2.05) is 6.92 Å². The Bertz CT molecular complexity index is 423. The van der Waals surface area contributed by atoms with Crippen molar-refractivity contribution < 1.29 is 4.74 Å². The lowest BCUT2D eigenvalue weighted by Gasteiger charge is -2.32. The van der Waals surface area contributed by atoms with Crippen LogP contribution in [0.5, 0.6) is 5.75 Å². The molecule has 1 aliphatic heterocycles. The van der Waals surface area contributed by atoms with Crippen LogP contribution in [-0.4, -0.2) is 5.60 Å². The molecule has 0 aromatic heterocycles. The maximum absolute atomic E-state index is 6.22. The van der Waals surface area contributed by atoms with Crippen molar-refractivity contribution in [2.45, 2.75) is 58.5 Å². The van der Waals surface area contributed by atoms with E-state index in [9.17, 15) is 0 Å². The molecule has 2 rings (SSSR count). The summed E-state index contributed by atoms with van der Waals surface area (Å²) < 4.78 is 6.17. The van der Waals surface area contributed by atoms with Gasteiger partial charge in [-0.3, -0.25) is 0 Å². The van der Waals surface area contributed by atoms with Crippen molar-refractivity contribution in [2.24, 2.45) is 0 Å². The number of hydrogen-bond acceptors (Lipinski definition) is 1. The molecular formula is C15H21ClO. The van der Waals surface area contributed by atoms with Crippen LogP contribution in [0.4, 0.5) is 0 Å². The highest BCUT2D eigenvalue weighted by Crippen LogP contribution is 2.39. The first-order valence-electron chi connectivity index (χ1n) is 6.38. The third-order valence-corrected chi connectivity index (χ3v) is 4.03. The minimum atomic E-state index is -0.0742. The fourth-order valence-electron chi connectivity index (χ4n) is 2.48. The van der Waals surface area contributed by atoms with Crippen LogP contribution < -0.4 is 4.74 Å². The quantitative estimate of drug-likeness (QED) is 0.625. The van der Waals surface area contributed by atoms with E-state index in [4.69, 9.17) is 16.3 Å². The highest BCUT2D eigenvalue weighted by molar-refractivity contribution is 6.31. The van der Waals surface area contributed by atoms with E-state index in [-0.39, 0.29) is 5.60 Å². The Morgan fingerprint density at radius 2 is 2.06 bits per heavy atom. The minimum Gasteiger partial charge on any atom is -0.488 e. The van der Waals surface area contributed by atoms with Crippen LogP contribution in [0.15, 0.2) is 12.1 Å². The van der Waals surface area contributed by atoms with Crippen molar-refractivity contribution in [3.8, 4) is 5.75 Å². The SMILES string of the molecule is Cc1cc2c(cc1Cl)[C@@H](C)CCCC(C)(C)O2. The fraction of sp³-hybridized carbons (Fsp3) is 0.600. The second-order valence-corrected chi connectivity index (χ2v) is 6.20. The van der Waals surface area contributed by atoms with Crippen molar-refractivity contribution in [1.29, 1.82) is 0 Å². The Labute approximate surface area is 109 Å². The summed E-state index contributed by atoms with van der Waals surface area (Å²) in [7, 11) is 0. The van der Waals surface area contributed by atoms with Gasteiger partial charge in [0.2, 0.25) is 0 Å². The largest absolute Gasteiger partial charge is 0.488 e. The lowest BCUT2D eigenvalue weighted by molar-refractivity contribution is 0.0891. The third-order valence-electron chi connectivity index (χ3n) is 3.62.